The Morgan fingerprint density at radius 1 is 1.19 bits per heavy atom. The second-order valence-electron chi connectivity index (χ2n) is 5.16. The lowest BCUT2D eigenvalue weighted by molar-refractivity contribution is -0.141. The number of carboxylic acids is 1. The summed E-state index contributed by atoms with van der Waals surface area (Å²) in [4.78, 5) is 11.5. The molecule has 0 spiro atoms. The summed E-state index contributed by atoms with van der Waals surface area (Å²) in [6.45, 7) is 2.01. The van der Waals surface area contributed by atoms with Gasteiger partial charge in [-0.15, -0.1) is 0 Å². The first-order valence-electron chi connectivity index (χ1n) is 6.68. The van der Waals surface area contributed by atoms with E-state index in [-0.39, 0.29) is 0 Å². The summed E-state index contributed by atoms with van der Waals surface area (Å²) in [5.41, 5.74) is 3.06. The minimum atomic E-state index is -0.797. The van der Waals surface area contributed by atoms with Crippen LogP contribution in [0.2, 0.25) is 5.02 Å². The van der Waals surface area contributed by atoms with Crippen LogP contribution in [0.15, 0.2) is 46.9 Å². The number of hydrogen-bond acceptors (Lipinski definition) is 1. The standard InChI is InChI=1S/C17H16BrClO2/c1-11-2-4-12(5-3-11)8-14(17(20)21)9-13-6-7-15(18)10-16(13)19/h2-7,10,14H,8-9H2,1H3,(H,20,21). The fraction of sp³-hybridized carbons (Fsp3) is 0.235. The SMILES string of the molecule is Cc1ccc(CC(Cc2ccc(Br)cc2Cl)C(=O)O)cc1. The van der Waals surface area contributed by atoms with Gasteiger partial charge in [-0.3, -0.25) is 4.79 Å². The van der Waals surface area contributed by atoms with Gasteiger partial charge in [0.05, 0.1) is 5.92 Å². The number of hydrogen-bond donors (Lipinski definition) is 1. The van der Waals surface area contributed by atoms with Crippen molar-refractivity contribution in [1.82, 2.24) is 0 Å². The first-order chi connectivity index (χ1) is 9.95. The summed E-state index contributed by atoms with van der Waals surface area (Å²) < 4.78 is 0.890. The Kier molecular flexibility index (Phi) is 5.43. The summed E-state index contributed by atoms with van der Waals surface area (Å²) in [5.74, 6) is -1.28. The van der Waals surface area contributed by atoms with E-state index in [9.17, 15) is 9.90 Å². The van der Waals surface area contributed by atoms with E-state index in [1.54, 1.807) is 6.07 Å². The third kappa shape index (κ3) is 4.58. The number of halogens is 2. The van der Waals surface area contributed by atoms with E-state index in [1.807, 2.05) is 43.3 Å². The average Bonchev–Trinajstić information content (AvgIpc) is 2.43. The van der Waals surface area contributed by atoms with Crippen molar-refractivity contribution in [2.45, 2.75) is 19.8 Å². The van der Waals surface area contributed by atoms with E-state index >= 15 is 0 Å². The lowest BCUT2D eigenvalue weighted by Gasteiger charge is -2.14. The molecule has 2 aromatic rings. The monoisotopic (exact) mass is 366 g/mol. The van der Waals surface area contributed by atoms with Gasteiger partial charge in [0.1, 0.15) is 0 Å². The molecule has 0 radical (unpaired) electrons. The van der Waals surface area contributed by atoms with Crippen molar-refractivity contribution in [3.63, 3.8) is 0 Å². The zero-order chi connectivity index (χ0) is 15.4. The van der Waals surface area contributed by atoms with E-state index in [1.165, 1.54) is 5.56 Å². The number of aryl methyl sites for hydroxylation is 1. The van der Waals surface area contributed by atoms with Crippen molar-refractivity contribution in [2.75, 3.05) is 0 Å². The fourth-order valence-corrected chi connectivity index (χ4v) is 2.96. The predicted octanol–water partition coefficient (Wildman–Crippen LogP) is 4.90. The van der Waals surface area contributed by atoms with Crippen LogP contribution in [0.25, 0.3) is 0 Å². The van der Waals surface area contributed by atoms with Crippen molar-refractivity contribution in [3.8, 4) is 0 Å². The van der Waals surface area contributed by atoms with Gasteiger partial charge < -0.3 is 5.11 Å². The molecule has 0 aliphatic rings. The van der Waals surface area contributed by atoms with E-state index in [0.717, 1.165) is 15.6 Å². The van der Waals surface area contributed by atoms with E-state index in [4.69, 9.17) is 11.6 Å². The Morgan fingerprint density at radius 3 is 2.43 bits per heavy atom. The van der Waals surface area contributed by atoms with Gasteiger partial charge in [0.15, 0.2) is 0 Å². The highest BCUT2D eigenvalue weighted by Crippen LogP contribution is 2.25. The molecule has 1 unspecified atom stereocenters. The molecular weight excluding hydrogens is 352 g/mol. The van der Waals surface area contributed by atoms with Crippen LogP contribution >= 0.6 is 27.5 Å². The van der Waals surface area contributed by atoms with Crippen LogP contribution in [0, 0.1) is 12.8 Å². The molecule has 0 heterocycles. The molecule has 2 aromatic carbocycles. The summed E-state index contributed by atoms with van der Waals surface area (Å²) >= 11 is 9.53. The predicted molar refractivity (Wildman–Crippen MR) is 88.9 cm³/mol. The third-order valence-corrected chi connectivity index (χ3v) is 4.28. The molecule has 0 aliphatic heterocycles. The molecule has 110 valence electrons. The summed E-state index contributed by atoms with van der Waals surface area (Å²) in [5, 5.41) is 10.0. The van der Waals surface area contributed by atoms with Gasteiger partial charge in [-0.05, 0) is 43.0 Å². The molecule has 1 N–H and O–H groups in total. The maximum Gasteiger partial charge on any atom is 0.307 e. The van der Waals surface area contributed by atoms with Gasteiger partial charge in [-0.1, -0.05) is 63.4 Å². The first kappa shape index (κ1) is 16.1. The smallest absolute Gasteiger partial charge is 0.307 e. The van der Waals surface area contributed by atoms with Crippen molar-refractivity contribution < 1.29 is 9.90 Å². The van der Waals surface area contributed by atoms with Crippen molar-refractivity contribution in [2.24, 2.45) is 5.92 Å². The number of rotatable bonds is 5. The topological polar surface area (TPSA) is 37.3 Å². The molecule has 4 heteroatoms. The van der Waals surface area contributed by atoms with E-state index in [0.29, 0.717) is 17.9 Å². The van der Waals surface area contributed by atoms with E-state index < -0.39 is 11.9 Å². The molecule has 2 rings (SSSR count). The van der Waals surface area contributed by atoms with Crippen LogP contribution in [0.5, 0.6) is 0 Å². The normalized spacial score (nSPS) is 12.1. The highest BCUT2D eigenvalue weighted by Gasteiger charge is 2.20. The van der Waals surface area contributed by atoms with Gasteiger partial charge in [0, 0.05) is 9.50 Å². The molecule has 0 saturated carbocycles. The molecule has 21 heavy (non-hydrogen) atoms. The lowest BCUT2D eigenvalue weighted by atomic mass is 9.92. The Labute approximate surface area is 137 Å². The van der Waals surface area contributed by atoms with Gasteiger partial charge in [-0.25, -0.2) is 0 Å². The van der Waals surface area contributed by atoms with Gasteiger partial charge in [0.2, 0.25) is 0 Å². The molecule has 0 amide bonds. The van der Waals surface area contributed by atoms with Crippen LogP contribution in [0.4, 0.5) is 0 Å². The zero-order valence-corrected chi connectivity index (χ0v) is 14.0. The fourth-order valence-electron chi connectivity index (χ4n) is 2.21. The molecule has 0 aromatic heterocycles. The Hall–Kier alpha value is -1.32. The Balaban J connectivity index is 2.15. The molecule has 0 aliphatic carbocycles. The van der Waals surface area contributed by atoms with Crippen LogP contribution in [-0.4, -0.2) is 11.1 Å². The number of benzene rings is 2. The van der Waals surface area contributed by atoms with Crippen LogP contribution in [-0.2, 0) is 17.6 Å². The van der Waals surface area contributed by atoms with Crippen LogP contribution in [0.3, 0.4) is 0 Å². The summed E-state index contributed by atoms with van der Waals surface area (Å²) in [6, 6.07) is 13.5. The van der Waals surface area contributed by atoms with Crippen molar-refractivity contribution in [3.05, 3.63) is 68.7 Å². The molecule has 1 atom stereocenters. The Morgan fingerprint density at radius 2 is 1.86 bits per heavy atom. The average molecular weight is 368 g/mol. The zero-order valence-electron chi connectivity index (χ0n) is 11.6. The number of carbonyl (C=O) groups is 1. The van der Waals surface area contributed by atoms with Crippen molar-refractivity contribution in [1.29, 1.82) is 0 Å². The third-order valence-electron chi connectivity index (χ3n) is 3.43. The highest BCUT2D eigenvalue weighted by molar-refractivity contribution is 9.10. The largest absolute Gasteiger partial charge is 0.481 e. The Bertz CT molecular complexity index is 638. The van der Waals surface area contributed by atoms with Crippen LogP contribution < -0.4 is 0 Å². The number of aliphatic carboxylic acids is 1. The molecular formula is C17H16BrClO2. The minimum absolute atomic E-state index is 0.426. The maximum atomic E-state index is 11.5. The quantitative estimate of drug-likeness (QED) is 0.816. The second kappa shape index (κ2) is 7.10. The number of carboxylic acid groups (broad SMARTS) is 1. The van der Waals surface area contributed by atoms with Crippen molar-refractivity contribution >= 4 is 33.5 Å². The molecule has 0 saturated heterocycles. The van der Waals surface area contributed by atoms with Gasteiger partial charge >= 0.3 is 5.97 Å². The molecule has 2 nitrogen and oxygen atoms in total. The molecule has 0 fully saturated rings. The lowest BCUT2D eigenvalue weighted by Crippen LogP contribution is -2.19. The van der Waals surface area contributed by atoms with Gasteiger partial charge in [-0.2, -0.15) is 0 Å². The summed E-state index contributed by atoms with van der Waals surface area (Å²) in [6.07, 6.45) is 0.928. The highest BCUT2D eigenvalue weighted by atomic mass is 79.9. The van der Waals surface area contributed by atoms with Crippen LogP contribution in [0.1, 0.15) is 16.7 Å². The first-order valence-corrected chi connectivity index (χ1v) is 7.85. The minimum Gasteiger partial charge on any atom is -0.481 e. The molecule has 0 bridgehead atoms. The van der Waals surface area contributed by atoms with E-state index in [2.05, 4.69) is 15.9 Å². The van der Waals surface area contributed by atoms with Gasteiger partial charge in [0.25, 0.3) is 0 Å². The summed E-state index contributed by atoms with van der Waals surface area (Å²) in [7, 11) is 0. The second-order valence-corrected chi connectivity index (χ2v) is 6.49. The maximum absolute atomic E-state index is 11.5.